The van der Waals surface area contributed by atoms with Crippen LogP contribution in [-0.2, 0) is 39.4 Å². The average Bonchev–Trinajstić information content (AvgIpc) is 3.73. The molecule has 0 aromatic carbocycles. The Bertz CT molecular complexity index is 1870. The summed E-state index contributed by atoms with van der Waals surface area (Å²) in [6, 6.07) is 3.18. The number of aromatic nitrogens is 7. The lowest BCUT2D eigenvalue weighted by Crippen LogP contribution is -2.34. The number of aromatic amines is 1. The number of rotatable bonds is 10. The fourth-order valence-corrected chi connectivity index (χ4v) is 7.29. The number of nitrogens with one attached hydrogen (secondary N) is 1. The van der Waals surface area contributed by atoms with E-state index >= 15 is 8.78 Å². The molecule has 18 nitrogen and oxygen atoms in total. The van der Waals surface area contributed by atoms with Crippen LogP contribution in [0.25, 0.3) is 22.2 Å². The summed E-state index contributed by atoms with van der Waals surface area (Å²) in [7, 11) is -2.62. The third-order valence-corrected chi connectivity index (χ3v) is 9.36. The van der Waals surface area contributed by atoms with Crippen LogP contribution in [0.3, 0.4) is 0 Å². The van der Waals surface area contributed by atoms with E-state index in [0.717, 1.165) is 4.68 Å². The third kappa shape index (κ3) is 6.08. The van der Waals surface area contributed by atoms with Gasteiger partial charge in [0.15, 0.2) is 42.1 Å². The van der Waals surface area contributed by atoms with Gasteiger partial charge in [-0.3, -0.25) is 14.3 Å². The first-order valence-corrected chi connectivity index (χ1v) is 17.8. The molecule has 24 heteroatoms. The molecule has 10 atom stereocenters. The second-order valence-electron chi connectivity index (χ2n) is 9.86. The van der Waals surface area contributed by atoms with E-state index in [9.17, 15) is 19.4 Å². The van der Waals surface area contributed by atoms with Crippen molar-refractivity contribution in [2.75, 3.05) is 24.7 Å². The third-order valence-electron chi connectivity index (χ3n) is 7.10. The summed E-state index contributed by atoms with van der Waals surface area (Å²) in [5.41, 5.74) is 11.1. The number of hydrogen-bond acceptors (Lipinski definition) is 15. The maximum absolute atomic E-state index is 15.7. The van der Waals surface area contributed by atoms with Crippen molar-refractivity contribution in [1.29, 1.82) is 0 Å². The predicted octanol–water partition coefficient (Wildman–Crippen LogP) is 0.783. The van der Waals surface area contributed by atoms with E-state index in [1.165, 1.54) is 17.0 Å². The van der Waals surface area contributed by atoms with Crippen molar-refractivity contribution in [1.82, 2.24) is 34.5 Å². The second kappa shape index (κ2) is 12.5. The Hall–Kier alpha value is -2.75. The molecule has 2 aliphatic heterocycles. The highest BCUT2D eigenvalue weighted by Gasteiger charge is 2.53. The van der Waals surface area contributed by atoms with Crippen molar-refractivity contribution in [3.8, 4) is 0 Å². The number of nitrogens with zero attached hydrogens (tertiary/aromatic N) is 6. The topological polar surface area (TPSA) is 250 Å². The van der Waals surface area contributed by atoms with Gasteiger partial charge in [0.05, 0.1) is 13.2 Å². The van der Waals surface area contributed by atoms with Crippen LogP contribution >= 0.6 is 26.2 Å². The van der Waals surface area contributed by atoms with E-state index in [1.807, 2.05) is 0 Å². The molecule has 45 heavy (non-hydrogen) atoms. The number of pyridine rings is 1. The molecular formula is C21H24F2N9O9P2S2+. The number of nitrogens with two attached hydrogens (primary N) is 2. The van der Waals surface area contributed by atoms with E-state index in [0.29, 0.717) is 16.7 Å². The van der Waals surface area contributed by atoms with Gasteiger partial charge in [0, 0.05) is 23.5 Å². The molecule has 0 aliphatic carbocycles. The van der Waals surface area contributed by atoms with Crippen LogP contribution in [0.15, 0.2) is 29.3 Å². The number of aliphatic hydroxyl groups excluding tert-OH is 1. The van der Waals surface area contributed by atoms with Gasteiger partial charge in [-0.25, -0.2) is 13.8 Å². The maximum Gasteiger partial charge on any atom is 0.582 e. The Balaban J connectivity index is 1.22. The van der Waals surface area contributed by atoms with Gasteiger partial charge in [-0.15, -0.1) is 9.62 Å². The van der Waals surface area contributed by atoms with Gasteiger partial charge in [0.1, 0.15) is 36.2 Å². The number of ether oxygens (including phenoxy) is 2. The molecule has 0 saturated carbocycles. The van der Waals surface area contributed by atoms with Gasteiger partial charge in [-0.05, 0) is 28.5 Å². The Morgan fingerprint density at radius 1 is 1.18 bits per heavy atom. The van der Waals surface area contributed by atoms with Crippen molar-refractivity contribution in [2.45, 2.75) is 49.2 Å². The average molecular weight is 711 g/mol. The number of alkyl halides is 2. The van der Waals surface area contributed by atoms with Crippen LogP contribution in [-0.4, -0.2) is 94.5 Å². The molecule has 6 rings (SSSR count). The quantitative estimate of drug-likeness (QED) is 0.0983. The lowest BCUT2D eigenvalue weighted by molar-refractivity contribution is -0.0587. The highest BCUT2D eigenvalue weighted by atomic mass is 32.7. The number of thiol groups is 1. The molecule has 0 bridgehead atoms. The Kier molecular flexibility index (Phi) is 8.91. The molecule has 6 heterocycles. The lowest BCUT2D eigenvalue weighted by Gasteiger charge is -2.25. The van der Waals surface area contributed by atoms with E-state index in [-0.39, 0.29) is 17.1 Å². The molecule has 4 aromatic heterocycles. The van der Waals surface area contributed by atoms with Gasteiger partial charge >= 0.3 is 13.9 Å². The summed E-state index contributed by atoms with van der Waals surface area (Å²) in [5.74, 6) is -0.300. The smallest absolute Gasteiger partial charge is 0.398 e. The molecule has 7 N–H and O–H groups in total. The summed E-state index contributed by atoms with van der Waals surface area (Å²) in [6.07, 6.45) is -10.1. The molecule has 2 unspecified atom stereocenters. The fourth-order valence-electron chi connectivity index (χ4n) is 5.10. The van der Waals surface area contributed by atoms with Crippen LogP contribution in [0, 0.1) is 0 Å². The summed E-state index contributed by atoms with van der Waals surface area (Å²) in [5, 5.41) is 17.7. The molecule has 2 fully saturated rings. The molecule has 4 aromatic rings. The Labute approximate surface area is 261 Å². The number of aliphatic hydroxyl groups is 1. The molecule has 0 spiro atoms. The largest absolute Gasteiger partial charge is 0.582 e. The Morgan fingerprint density at radius 3 is 2.67 bits per heavy atom. The second-order valence-corrected chi connectivity index (χ2v) is 14.3. The molecule has 2 aliphatic rings. The summed E-state index contributed by atoms with van der Waals surface area (Å²) >= 11 is 8.83. The van der Waals surface area contributed by atoms with E-state index in [2.05, 4.69) is 37.5 Å². The van der Waals surface area contributed by atoms with Crippen molar-refractivity contribution < 1.29 is 46.4 Å². The molecule has 2 saturated heterocycles. The first-order chi connectivity index (χ1) is 21.4. The standard InChI is InChI=1S/C21H23F2N9O9P2S2/c22-11-9(5-33)38-20(32-17-13(29-30-32)18(34)28-21(25)27-17)15(11)41-43(36,45)37-6-10-14(40-42(35)44)12(23)19(39-10)31-4-2-7-8(24)1-3-26-16(7)31/h1-4,9-12,14-15,19-20,33H,5-6H2,(H6-,24,25,26,27,28,30,34,35,36,44,45)/p+1/t9-,10-,11+,12+,14-,15-,19-,20-,43?/m1/s1. The lowest BCUT2D eigenvalue weighted by atomic mass is 10.1. The minimum absolute atomic E-state index is 0.207. The fraction of sp³-hybridized carbons (Fsp3) is 0.476. The van der Waals surface area contributed by atoms with Gasteiger partial charge in [0.2, 0.25) is 5.95 Å². The van der Waals surface area contributed by atoms with Crippen LogP contribution in [0.2, 0.25) is 0 Å². The highest BCUT2D eigenvalue weighted by Crippen LogP contribution is 2.51. The molecular weight excluding hydrogens is 686 g/mol. The van der Waals surface area contributed by atoms with Crippen molar-refractivity contribution >= 4 is 71.8 Å². The van der Waals surface area contributed by atoms with E-state index in [4.69, 9.17) is 46.3 Å². The summed E-state index contributed by atoms with van der Waals surface area (Å²) < 4.78 is 72.7. The minimum Gasteiger partial charge on any atom is -0.398 e. The zero-order chi connectivity index (χ0) is 32.2. The first-order valence-electron chi connectivity index (χ1n) is 12.9. The SMILES string of the molecule is Nc1nc2c(nnn2[C@@H]2O[C@H](CO)[C@H](F)[C@H]2OP(O)(=S)OC[C@H]2O[C@@H](n3ccc4c(N)ccnc43)[C@@H](F)[C@@H]2O[P+](=O)S)c(=O)[nH]1. The zero-order valence-corrected chi connectivity index (χ0v) is 25.9. The number of hydrogen-bond donors (Lipinski definition) is 6. The van der Waals surface area contributed by atoms with Gasteiger partial charge < -0.3 is 40.0 Å². The number of fused-ring (bicyclic) bond motifs is 2. The minimum atomic E-state index is -4.42. The highest BCUT2D eigenvalue weighted by molar-refractivity contribution is 8.39. The number of halogens is 2. The van der Waals surface area contributed by atoms with E-state index < -0.39 is 81.9 Å². The van der Waals surface area contributed by atoms with Crippen LogP contribution in [0.4, 0.5) is 20.4 Å². The molecule has 242 valence electrons. The zero-order valence-electron chi connectivity index (χ0n) is 22.4. The Morgan fingerprint density at radius 2 is 1.93 bits per heavy atom. The summed E-state index contributed by atoms with van der Waals surface area (Å²) in [6.45, 7) is -5.89. The predicted molar refractivity (Wildman–Crippen MR) is 158 cm³/mol. The van der Waals surface area contributed by atoms with E-state index in [1.54, 1.807) is 12.1 Å². The number of H-pyrrole nitrogens is 1. The molecule has 0 radical (unpaired) electrons. The van der Waals surface area contributed by atoms with Crippen molar-refractivity contribution in [3.05, 3.63) is 34.9 Å². The van der Waals surface area contributed by atoms with Gasteiger partial charge in [-0.1, -0.05) is 5.21 Å². The van der Waals surface area contributed by atoms with Gasteiger partial charge in [-0.2, -0.15) is 9.67 Å². The van der Waals surface area contributed by atoms with Crippen molar-refractivity contribution in [2.24, 2.45) is 0 Å². The normalized spacial score (nSPS) is 30.3. The van der Waals surface area contributed by atoms with Crippen LogP contribution in [0.5, 0.6) is 0 Å². The monoisotopic (exact) mass is 710 g/mol. The van der Waals surface area contributed by atoms with Gasteiger partial charge in [0.25, 0.3) is 5.56 Å². The van der Waals surface area contributed by atoms with Crippen molar-refractivity contribution in [3.63, 3.8) is 0 Å². The maximum atomic E-state index is 15.7. The molecule has 0 amide bonds. The summed E-state index contributed by atoms with van der Waals surface area (Å²) in [4.78, 5) is 33.6. The van der Waals surface area contributed by atoms with Crippen LogP contribution < -0.4 is 17.0 Å². The number of anilines is 2. The first kappa shape index (κ1) is 32.2. The van der Waals surface area contributed by atoms with Crippen LogP contribution in [0.1, 0.15) is 12.5 Å². The number of nitrogen functional groups attached to an aromatic ring is 2.